The van der Waals surface area contributed by atoms with Crippen molar-refractivity contribution < 1.29 is 9.53 Å². The summed E-state index contributed by atoms with van der Waals surface area (Å²) in [6.45, 7) is 10.2. The van der Waals surface area contributed by atoms with Crippen molar-refractivity contribution >= 4 is 6.09 Å². The van der Waals surface area contributed by atoms with Crippen molar-refractivity contribution in [2.45, 2.75) is 52.8 Å². The van der Waals surface area contributed by atoms with Gasteiger partial charge in [-0.05, 0) is 40.2 Å². The maximum absolute atomic E-state index is 12.1. The van der Waals surface area contributed by atoms with Gasteiger partial charge in [-0.1, -0.05) is 30.3 Å². The molecule has 0 saturated carbocycles. The second kappa shape index (κ2) is 5.89. The summed E-state index contributed by atoms with van der Waals surface area (Å²) in [5.74, 6) is 0. The lowest BCUT2D eigenvalue weighted by molar-refractivity contribution is 0.0172. The van der Waals surface area contributed by atoms with Gasteiger partial charge in [0, 0.05) is 12.6 Å². The van der Waals surface area contributed by atoms with Gasteiger partial charge in [0.15, 0.2) is 0 Å². The smallest absolute Gasteiger partial charge is 0.410 e. The average molecular weight is 249 g/mol. The molecular weight excluding hydrogens is 226 g/mol. The molecule has 1 amide bonds. The predicted molar refractivity (Wildman–Crippen MR) is 73.4 cm³/mol. The largest absolute Gasteiger partial charge is 0.444 e. The Morgan fingerprint density at radius 3 is 2.22 bits per heavy atom. The van der Waals surface area contributed by atoms with Crippen LogP contribution in [0.25, 0.3) is 0 Å². The van der Waals surface area contributed by atoms with E-state index in [9.17, 15) is 4.79 Å². The Morgan fingerprint density at radius 2 is 1.78 bits per heavy atom. The molecule has 0 aliphatic rings. The first-order valence-corrected chi connectivity index (χ1v) is 6.33. The molecule has 3 nitrogen and oxygen atoms in total. The molecule has 1 aromatic carbocycles. The number of hydrogen-bond acceptors (Lipinski definition) is 2. The highest BCUT2D eigenvalue weighted by atomic mass is 16.6. The SMILES string of the molecule is CC(C)N(Cc1ccccc1)C(=O)OC(C)(C)C. The molecule has 0 N–H and O–H groups in total. The summed E-state index contributed by atoms with van der Waals surface area (Å²) in [4.78, 5) is 13.8. The first-order chi connectivity index (χ1) is 8.29. The fourth-order valence-corrected chi connectivity index (χ4v) is 1.56. The van der Waals surface area contributed by atoms with E-state index in [2.05, 4.69) is 0 Å². The molecule has 18 heavy (non-hydrogen) atoms. The summed E-state index contributed by atoms with van der Waals surface area (Å²) in [5.41, 5.74) is 0.651. The van der Waals surface area contributed by atoms with E-state index in [0.29, 0.717) is 6.54 Å². The van der Waals surface area contributed by atoms with E-state index in [0.717, 1.165) is 5.56 Å². The Bertz CT molecular complexity index is 379. The minimum Gasteiger partial charge on any atom is -0.444 e. The maximum atomic E-state index is 12.1. The molecule has 0 saturated heterocycles. The minimum atomic E-state index is -0.457. The van der Waals surface area contributed by atoms with Crippen molar-refractivity contribution in [1.82, 2.24) is 4.90 Å². The van der Waals surface area contributed by atoms with E-state index in [1.165, 1.54) is 0 Å². The zero-order valence-corrected chi connectivity index (χ0v) is 11.9. The van der Waals surface area contributed by atoms with Crippen molar-refractivity contribution in [3.05, 3.63) is 35.9 Å². The fraction of sp³-hybridized carbons (Fsp3) is 0.533. The molecule has 0 aromatic heterocycles. The molecule has 0 radical (unpaired) electrons. The van der Waals surface area contributed by atoms with E-state index in [-0.39, 0.29) is 12.1 Å². The lowest BCUT2D eigenvalue weighted by Gasteiger charge is -2.30. The van der Waals surface area contributed by atoms with Crippen molar-refractivity contribution in [3.8, 4) is 0 Å². The third kappa shape index (κ3) is 4.78. The monoisotopic (exact) mass is 249 g/mol. The van der Waals surface area contributed by atoms with Crippen molar-refractivity contribution in [2.75, 3.05) is 0 Å². The molecule has 0 unspecified atom stereocenters. The van der Waals surface area contributed by atoms with E-state index in [1.807, 2.05) is 65.0 Å². The molecule has 0 bridgehead atoms. The molecule has 0 heterocycles. The second-order valence-corrected chi connectivity index (χ2v) is 5.69. The molecule has 0 atom stereocenters. The molecule has 1 rings (SSSR count). The number of rotatable bonds is 3. The van der Waals surface area contributed by atoms with Crippen LogP contribution >= 0.6 is 0 Å². The van der Waals surface area contributed by atoms with E-state index in [4.69, 9.17) is 4.74 Å². The zero-order chi connectivity index (χ0) is 13.8. The number of ether oxygens (including phenoxy) is 1. The summed E-state index contributed by atoms with van der Waals surface area (Å²) >= 11 is 0. The maximum Gasteiger partial charge on any atom is 0.410 e. The summed E-state index contributed by atoms with van der Waals surface area (Å²) in [5, 5.41) is 0. The molecule has 100 valence electrons. The third-order valence-corrected chi connectivity index (χ3v) is 2.45. The Morgan fingerprint density at radius 1 is 1.22 bits per heavy atom. The lowest BCUT2D eigenvalue weighted by atomic mass is 10.2. The van der Waals surface area contributed by atoms with Crippen LogP contribution in [0.3, 0.4) is 0 Å². The summed E-state index contributed by atoms with van der Waals surface area (Å²) in [6, 6.07) is 10.1. The third-order valence-electron chi connectivity index (χ3n) is 2.45. The Balaban J connectivity index is 2.75. The van der Waals surface area contributed by atoms with Crippen LogP contribution in [0, 0.1) is 0 Å². The Hall–Kier alpha value is -1.51. The van der Waals surface area contributed by atoms with E-state index in [1.54, 1.807) is 4.90 Å². The number of carbonyl (C=O) groups is 1. The van der Waals surface area contributed by atoms with Crippen LogP contribution in [-0.4, -0.2) is 22.6 Å². The Labute approximate surface area is 110 Å². The van der Waals surface area contributed by atoms with Gasteiger partial charge in [-0.3, -0.25) is 0 Å². The number of nitrogens with zero attached hydrogens (tertiary/aromatic N) is 1. The first-order valence-electron chi connectivity index (χ1n) is 6.33. The van der Waals surface area contributed by atoms with Gasteiger partial charge < -0.3 is 9.64 Å². The predicted octanol–water partition coefficient (Wildman–Crippen LogP) is 3.83. The molecule has 3 heteroatoms. The van der Waals surface area contributed by atoms with Crippen LogP contribution in [-0.2, 0) is 11.3 Å². The second-order valence-electron chi connectivity index (χ2n) is 5.69. The van der Waals surface area contributed by atoms with Gasteiger partial charge in [-0.25, -0.2) is 4.79 Å². The highest BCUT2D eigenvalue weighted by Gasteiger charge is 2.24. The standard InChI is InChI=1S/C15H23NO2/c1-12(2)16(14(17)18-15(3,4)5)11-13-9-7-6-8-10-13/h6-10,12H,11H2,1-5H3. The van der Waals surface area contributed by atoms with E-state index >= 15 is 0 Å². The van der Waals surface area contributed by atoms with E-state index < -0.39 is 5.60 Å². The molecule has 0 aliphatic carbocycles. The van der Waals surface area contributed by atoms with Crippen molar-refractivity contribution in [2.24, 2.45) is 0 Å². The molecule has 1 aromatic rings. The molecule has 0 spiro atoms. The van der Waals surface area contributed by atoms with Crippen molar-refractivity contribution in [1.29, 1.82) is 0 Å². The van der Waals surface area contributed by atoms with Gasteiger partial charge in [0.2, 0.25) is 0 Å². The van der Waals surface area contributed by atoms with Crippen LogP contribution in [0.5, 0.6) is 0 Å². The summed E-state index contributed by atoms with van der Waals surface area (Å²) in [6.07, 6.45) is -0.263. The Kier molecular flexibility index (Phi) is 4.76. The van der Waals surface area contributed by atoms with Gasteiger partial charge >= 0.3 is 6.09 Å². The normalized spacial score (nSPS) is 11.4. The fourth-order valence-electron chi connectivity index (χ4n) is 1.56. The van der Waals surface area contributed by atoms with Crippen LogP contribution < -0.4 is 0 Å². The first kappa shape index (κ1) is 14.6. The quantitative estimate of drug-likeness (QED) is 0.814. The molecular formula is C15H23NO2. The van der Waals surface area contributed by atoms with Gasteiger partial charge in [0.1, 0.15) is 5.60 Å². The summed E-state index contributed by atoms with van der Waals surface area (Å²) in [7, 11) is 0. The molecule has 0 fully saturated rings. The number of hydrogen-bond donors (Lipinski definition) is 0. The van der Waals surface area contributed by atoms with Crippen LogP contribution in [0.2, 0.25) is 0 Å². The topological polar surface area (TPSA) is 29.5 Å². The van der Waals surface area contributed by atoms with Crippen LogP contribution in [0.1, 0.15) is 40.2 Å². The van der Waals surface area contributed by atoms with Crippen LogP contribution in [0.15, 0.2) is 30.3 Å². The highest BCUT2D eigenvalue weighted by molar-refractivity contribution is 5.68. The highest BCUT2D eigenvalue weighted by Crippen LogP contribution is 2.14. The molecule has 0 aliphatic heterocycles. The van der Waals surface area contributed by atoms with Gasteiger partial charge in [0.25, 0.3) is 0 Å². The van der Waals surface area contributed by atoms with Gasteiger partial charge in [0.05, 0.1) is 0 Å². The number of amides is 1. The van der Waals surface area contributed by atoms with Gasteiger partial charge in [-0.2, -0.15) is 0 Å². The lowest BCUT2D eigenvalue weighted by Crippen LogP contribution is -2.40. The average Bonchev–Trinajstić information content (AvgIpc) is 2.24. The van der Waals surface area contributed by atoms with Crippen LogP contribution in [0.4, 0.5) is 4.79 Å². The zero-order valence-electron chi connectivity index (χ0n) is 11.9. The number of carbonyl (C=O) groups excluding carboxylic acids is 1. The number of benzene rings is 1. The van der Waals surface area contributed by atoms with Gasteiger partial charge in [-0.15, -0.1) is 0 Å². The van der Waals surface area contributed by atoms with Crippen molar-refractivity contribution in [3.63, 3.8) is 0 Å². The summed E-state index contributed by atoms with van der Waals surface area (Å²) < 4.78 is 5.42. The minimum absolute atomic E-state index is 0.111.